The van der Waals surface area contributed by atoms with Crippen LogP contribution in [0.5, 0.6) is 0 Å². The van der Waals surface area contributed by atoms with E-state index in [1.54, 1.807) is 12.1 Å². The second-order valence-corrected chi connectivity index (χ2v) is 7.06. The molecule has 142 valence electrons. The summed E-state index contributed by atoms with van der Waals surface area (Å²) in [6, 6.07) is 13.8. The SMILES string of the molecule is Cc1[nH]nc2ccc(C3C(C#N)=C(c4ccc(F)cc4)NC4=C3C(=O)OC4)cc12. The molecule has 3 heterocycles. The minimum absolute atomic E-state index is 0.112. The van der Waals surface area contributed by atoms with Crippen LogP contribution in [0.2, 0.25) is 0 Å². The first-order chi connectivity index (χ1) is 14.1. The lowest BCUT2D eigenvalue weighted by Gasteiger charge is -2.27. The van der Waals surface area contributed by atoms with Crippen molar-refractivity contribution in [3.63, 3.8) is 0 Å². The van der Waals surface area contributed by atoms with Gasteiger partial charge in [0.25, 0.3) is 0 Å². The highest BCUT2D eigenvalue weighted by Gasteiger charge is 2.40. The number of nitriles is 1. The number of hydrogen-bond acceptors (Lipinski definition) is 5. The zero-order valence-corrected chi connectivity index (χ0v) is 15.4. The van der Waals surface area contributed by atoms with Gasteiger partial charge in [-0.2, -0.15) is 10.4 Å². The van der Waals surface area contributed by atoms with Crippen LogP contribution >= 0.6 is 0 Å². The normalized spacial score (nSPS) is 18.5. The fourth-order valence-electron chi connectivity index (χ4n) is 3.95. The van der Waals surface area contributed by atoms with E-state index in [-0.39, 0.29) is 12.4 Å². The first-order valence-corrected chi connectivity index (χ1v) is 9.09. The van der Waals surface area contributed by atoms with Gasteiger partial charge in [-0.05, 0) is 54.4 Å². The van der Waals surface area contributed by atoms with Crippen molar-refractivity contribution in [3.05, 3.63) is 81.9 Å². The van der Waals surface area contributed by atoms with Crippen molar-refractivity contribution in [2.24, 2.45) is 0 Å². The Morgan fingerprint density at radius 2 is 2.03 bits per heavy atom. The molecule has 2 aromatic carbocycles. The summed E-state index contributed by atoms with van der Waals surface area (Å²) < 4.78 is 18.7. The lowest BCUT2D eigenvalue weighted by atomic mass is 9.80. The molecule has 0 fully saturated rings. The number of carbonyl (C=O) groups is 1. The van der Waals surface area contributed by atoms with E-state index in [4.69, 9.17) is 4.74 Å². The molecule has 3 aromatic rings. The molecule has 0 saturated heterocycles. The summed E-state index contributed by atoms with van der Waals surface area (Å²) in [5.41, 5.74) is 5.18. The van der Waals surface area contributed by atoms with Crippen molar-refractivity contribution in [1.82, 2.24) is 15.5 Å². The van der Waals surface area contributed by atoms with Crippen LogP contribution in [0.3, 0.4) is 0 Å². The lowest BCUT2D eigenvalue weighted by Crippen LogP contribution is -2.26. The third kappa shape index (κ3) is 2.61. The Bertz CT molecular complexity index is 1280. The number of carbonyl (C=O) groups excluding carboxylic acids is 1. The van der Waals surface area contributed by atoms with E-state index < -0.39 is 11.9 Å². The molecule has 0 amide bonds. The van der Waals surface area contributed by atoms with E-state index >= 15 is 0 Å². The zero-order chi connectivity index (χ0) is 20.1. The van der Waals surface area contributed by atoms with Crippen LogP contribution < -0.4 is 5.32 Å². The standard InChI is InChI=1S/C22H15FN4O2/c1-11-15-8-13(4-7-17(15)27-26-11)19-16(9-24)21(12-2-5-14(23)6-3-12)25-18-10-29-22(28)20(18)19/h2-8,19,25H,10H2,1H3,(H,26,27). The van der Waals surface area contributed by atoms with E-state index in [1.807, 2.05) is 25.1 Å². The number of rotatable bonds is 2. The molecule has 1 unspecified atom stereocenters. The largest absolute Gasteiger partial charge is 0.456 e. The summed E-state index contributed by atoms with van der Waals surface area (Å²) in [7, 11) is 0. The van der Waals surface area contributed by atoms with Gasteiger partial charge in [-0.25, -0.2) is 9.18 Å². The number of aromatic nitrogens is 2. The molecule has 6 nitrogen and oxygen atoms in total. The lowest BCUT2D eigenvalue weighted by molar-refractivity contribution is -0.136. The van der Waals surface area contributed by atoms with E-state index in [0.29, 0.717) is 28.1 Å². The number of esters is 1. The van der Waals surface area contributed by atoms with Crippen molar-refractivity contribution in [2.45, 2.75) is 12.8 Å². The minimum atomic E-state index is -0.579. The average Bonchev–Trinajstić information content (AvgIpc) is 3.29. The summed E-state index contributed by atoms with van der Waals surface area (Å²) in [6.07, 6.45) is 0. The number of halogens is 1. The number of fused-ring (bicyclic) bond motifs is 1. The number of dihydropyridines is 1. The van der Waals surface area contributed by atoms with Crippen molar-refractivity contribution in [2.75, 3.05) is 6.61 Å². The van der Waals surface area contributed by atoms with Gasteiger partial charge in [-0.1, -0.05) is 6.07 Å². The fraction of sp³-hybridized carbons (Fsp3) is 0.136. The molecule has 2 aliphatic rings. The van der Waals surface area contributed by atoms with Crippen molar-refractivity contribution >= 4 is 22.6 Å². The molecule has 0 saturated carbocycles. The van der Waals surface area contributed by atoms with Crippen molar-refractivity contribution in [1.29, 1.82) is 5.26 Å². The van der Waals surface area contributed by atoms with Crippen molar-refractivity contribution < 1.29 is 13.9 Å². The molecular formula is C22H15FN4O2. The molecule has 0 radical (unpaired) electrons. The Hall–Kier alpha value is -3.92. The topological polar surface area (TPSA) is 90.8 Å². The van der Waals surface area contributed by atoms with Gasteiger partial charge >= 0.3 is 5.97 Å². The number of H-pyrrole nitrogens is 1. The van der Waals surface area contributed by atoms with Crippen LogP contribution in [0.4, 0.5) is 4.39 Å². The highest BCUT2D eigenvalue weighted by Crippen LogP contribution is 2.43. The van der Waals surface area contributed by atoms with Crippen LogP contribution in [-0.2, 0) is 9.53 Å². The van der Waals surface area contributed by atoms with Gasteiger partial charge in [-0.15, -0.1) is 0 Å². The summed E-state index contributed by atoms with van der Waals surface area (Å²) in [5, 5.41) is 21.3. The van der Waals surface area contributed by atoms with E-state index in [2.05, 4.69) is 21.6 Å². The Balaban J connectivity index is 1.74. The number of hydrogen-bond donors (Lipinski definition) is 2. The first kappa shape index (κ1) is 17.2. The predicted molar refractivity (Wildman–Crippen MR) is 104 cm³/mol. The number of cyclic esters (lactones) is 1. The quantitative estimate of drug-likeness (QED) is 0.659. The smallest absolute Gasteiger partial charge is 0.337 e. The van der Waals surface area contributed by atoms with Gasteiger partial charge in [0, 0.05) is 11.1 Å². The van der Waals surface area contributed by atoms with Gasteiger partial charge in [0.15, 0.2) is 0 Å². The van der Waals surface area contributed by atoms with Gasteiger partial charge in [0.2, 0.25) is 0 Å². The molecule has 7 heteroatoms. The Kier molecular flexibility index (Phi) is 3.74. The third-order valence-corrected chi connectivity index (χ3v) is 5.37. The van der Waals surface area contributed by atoms with E-state index in [1.165, 1.54) is 12.1 Å². The maximum atomic E-state index is 13.4. The number of benzene rings is 2. The van der Waals surface area contributed by atoms with Crippen molar-refractivity contribution in [3.8, 4) is 6.07 Å². The average molecular weight is 386 g/mol. The highest BCUT2D eigenvalue weighted by atomic mass is 19.1. The third-order valence-electron chi connectivity index (χ3n) is 5.37. The predicted octanol–water partition coefficient (Wildman–Crippen LogP) is 3.44. The minimum Gasteiger partial charge on any atom is -0.456 e. The van der Waals surface area contributed by atoms with Gasteiger partial charge in [0.1, 0.15) is 12.4 Å². The highest BCUT2D eigenvalue weighted by molar-refractivity contribution is 5.98. The molecule has 2 N–H and O–H groups in total. The summed E-state index contributed by atoms with van der Waals surface area (Å²) in [6.45, 7) is 2.03. The molecule has 0 bridgehead atoms. The molecule has 0 spiro atoms. The maximum Gasteiger partial charge on any atom is 0.337 e. The molecule has 5 rings (SSSR count). The molecule has 1 atom stereocenters. The van der Waals surface area contributed by atoms with Crippen LogP contribution in [0.15, 0.2) is 59.3 Å². The van der Waals surface area contributed by atoms with E-state index in [9.17, 15) is 14.4 Å². The number of nitrogens with one attached hydrogen (secondary N) is 2. The number of aromatic amines is 1. The molecule has 0 aliphatic carbocycles. The molecule has 2 aliphatic heterocycles. The Labute approximate surface area is 165 Å². The molecular weight excluding hydrogens is 371 g/mol. The van der Waals surface area contributed by atoms with Crippen LogP contribution in [0, 0.1) is 24.1 Å². The molecule has 1 aromatic heterocycles. The van der Waals surface area contributed by atoms with Crippen LogP contribution in [0.1, 0.15) is 22.7 Å². The number of nitrogens with zero attached hydrogens (tertiary/aromatic N) is 2. The summed E-state index contributed by atoms with van der Waals surface area (Å²) in [4.78, 5) is 12.5. The van der Waals surface area contributed by atoms with Crippen LogP contribution in [0.25, 0.3) is 16.6 Å². The van der Waals surface area contributed by atoms with Gasteiger partial charge in [-0.3, -0.25) is 5.10 Å². The summed E-state index contributed by atoms with van der Waals surface area (Å²) in [5.74, 6) is -1.38. The fourth-order valence-corrected chi connectivity index (χ4v) is 3.95. The Morgan fingerprint density at radius 1 is 1.24 bits per heavy atom. The molecule has 29 heavy (non-hydrogen) atoms. The second kappa shape index (κ2) is 6.31. The maximum absolute atomic E-state index is 13.4. The zero-order valence-electron chi connectivity index (χ0n) is 15.4. The van der Waals surface area contributed by atoms with Crippen LogP contribution in [-0.4, -0.2) is 22.8 Å². The Morgan fingerprint density at radius 3 is 2.79 bits per heavy atom. The summed E-state index contributed by atoms with van der Waals surface area (Å²) >= 11 is 0. The monoisotopic (exact) mass is 386 g/mol. The first-order valence-electron chi connectivity index (χ1n) is 9.09. The van der Waals surface area contributed by atoms with Gasteiger partial charge in [0.05, 0.1) is 40.0 Å². The van der Waals surface area contributed by atoms with E-state index in [0.717, 1.165) is 22.2 Å². The second-order valence-electron chi connectivity index (χ2n) is 7.06. The number of ether oxygens (including phenoxy) is 1. The number of allylic oxidation sites excluding steroid dienone is 1. The number of aryl methyl sites for hydroxylation is 1. The van der Waals surface area contributed by atoms with Gasteiger partial charge < -0.3 is 10.1 Å².